The van der Waals surface area contributed by atoms with Crippen molar-refractivity contribution in [1.82, 2.24) is 5.32 Å². The molecule has 1 aromatic carbocycles. The minimum absolute atomic E-state index is 0.155. The van der Waals surface area contributed by atoms with Crippen molar-refractivity contribution >= 4 is 28.6 Å². The largest absolute Gasteiger partial charge is 0.359 e. The molecule has 0 saturated carbocycles. The maximum Gasteiger partial charge on any atom is 0.290 e. The molecule has 2 aliphatic heterocycles. The molecule has 120 valence electrons. The first-order chi connectivity index (χ1) is 10.8. The van der Waals surface area contributed by atoms with Gasteiger partial charge in [-0.15, -0.1) is 0 Å². The van der Waals surface area contributed by atoms with Crippen molar-refractivity contribution in [3.63, 3.8) is 0 Å². The van der Waals surface area contributed by atoms with Crippen LogP contribution in [0.15, 0.2) is 40.8 Å². The number of nitrogens with zero attached hydrogens (tertiary/aromatic N) is 1. The molecular formula is C18H20N2O2S. The second-order valence-corrected chi connectivity index (χ2v) is 7.20. The van der Waals surface area contributed by atoms with E-state index in [9.17, 15) is 9.59 Å². The number of anilines is 1. The Morgan fingerprint density at radius 2 is 1.78 bits per heavy atom. The normalized spacial score (nSPS) is 26.0. The Labute approximate surface area is 140 Å². The second-order valence-electron chi connectivity index (χ2n) is 6.19. The van der Waals surface area contributed by atoms with Crippen LogP contribution >= 0.6 is 11.8 Å². The summed E-state index contributed by atoms with van der Waals surface area (Å²) in [6.07, 6.45) is 4.00. The smallest absolute Gasteiger partial charge is 0.290 e. The number of carbonyl (C=O) groups is 2. The SMILES string of the molecule is Cc1cc(C)cc(N2C(C)C=C(/C=C3\SC(=O)NC3=O)C2C)c1. The molecule has 1 fully saturated rings. The standard InChI is InChI=1S/C18H20N2O2S/c1-10-5-11(2)7-15(6-10)20-12(3)8-14(13(20)4)9-16-17(21)19-18(22)23-16/h5-9,12-13H,1-4H3,(H,19,21,22)/b16-9-. The van der Waals surface area contributed by atoms with Crippen LogP contribution in [0.2, 0.25) is 0 Å². The number of carbonyl (C=O) groups excluding carboxylic acids is 2. The Morgan fingerprint density at radius 1 is 1.13 bits per heavy atom. The molecule has 0 radical (unpaired) electrons. The van der Waals surface area contributed by atoms with Gasteiger partial charge in [0.05, 0.1) is 10.9 Å². The van der Waals surface area contributed by atoms with E-state index < -0.39 is 0 Å². The van der Waals surface area contributed by atoms with Crippen molar-refractivity contribution in [3.05, 3.63) is 52.0 Å². The van der Waals surface area contributed by atoms with E-state index in [1.54, 1.807) is 0 Å². The van der Waals surface area contributed by atoms with Gasteiger partial charge in [-0.1, -0.05) is 12.1 Å². The molecule has 2 unspecified atom stereocenters. The minimum Gasteiger partial charge on any atom is -0.359 e. The van der Waals surface area contributed by atoms with Gasteiger partial charge in [0.25, 0.3) is 11.1 Å². The highest BCUT2D eigenvalue weighted by Crippen LogP contribution is 2.34. The first kappa shape index (κ1) is 15.9. The van der Waals surface area contributed by atoms with Crippen molar-refractivity contribution in [2.45, 2.75) is 39.8 Å². The molecule has 1 aromatic rings. The number of benzene rings is 1. The first-order valence-electron chi connectivity index (χ1n) is 7.68. The third kappa shape index (κ3) is 3.06. The molecule has 2 heterocycles. The molecule has 1 N–H and O–H groups in total. The lowest BCUT2D eigenvalue weighted by Gasteiger charge is -2.30. The van der Waals surface area contributed by atoms with Crippen LogP contribution in [0.5, 0.6) is 0 Å². The summed E-state index contributed by atoms with van der Waals surface area (Å²) < 4.78 is 0. The third-order valence-electron chi connectivity index (χ3n) is 4.22. The molecule has 2 atom stereocenters. The molecule has 3 rings (SSSR count). The van der Waals surface area contributed by atoms with Crippen LogP contribution in [0.3, 0.4) is 0 Å². The summed E-state index contributed by atoms with van der Waals surface area (Å²) in [6.45, 7) is 8.47. The summed E-state index contributed by atoms with van der Waals surface area (Å²) in [4.78, 5) is 25.9. The third-order valence-corrected chi connectivity index (χ3v) is 5.03. The van der Waals surface area contributed by atoms with Crippen molar-refractivity contribution < 1.29 is 9.59 Å². The molecule has 2 aliphatic rings. The Balaban J connectivity index is 1.89. The van der Waals surface area contributed by atoms with Gasteiger partial charge in [0, 0.05) is 11.7 Å². The highest BCUT2D eigenvalue weighted by Gasteiger charge is 2.31. The number of hydrogen-bond donors (Lipinski definition) is 1. The van der Waals surface area contributed by atoms with Gasteiger partial charge in [-0.05, 0) is 74.4 Å². The topological polar surface area (TPSA) is 49.4 Å². The number of thioether (sulfide) groups is 1. The van der Waals surface area contributed by atoms with Gasteiger partial charge >= 0.3 is 0 Å². The molecule has 0 aliphatic carbocycles. The van der Waals surface area contributed by atoms with Crippen molar-refractivity contribution in [1.29, 1.82) is 0 Å². The van der Waals surface area contributed by atoms with Gasteiger partial charge in [-0.3, -0.25) is 14.9 Å². The fourth-order valence-electron chi connectivity index (χ4n) is 3.31. The van der Waals surface area contributed by atoms with E-state index in [-0.39, 0.29) is 23.2 Å². The second kappa shape index (κ2) is 5.89. The lowest BCUT2D eigenvalue weighted by atomic mass is 10.1. The molecule has 5 heteroatoms. The number of aryl methyl sites for hydroxylation is 2. The highest BCUT2D eigenvalue weighted by atomic mass is 32.2. The maximum absolute atomic E-state index is 11.7. The molecule has 2 amide bonds. The van der Waals surface area contributed by atoms with Crippen LogP contribution < -0.4 is 10.2 Å². The van der Waals surface area contributed by atoms with Crippen LogP contribution in [-0.2, 0) is 4.79 Å². The average Bonchev–Trinajstić information content (AvgIpc) is 2.88. The number of imide groups is 1. The van der Waals surface area contributed by atoms with Crippen LogP contribution in [0, 0.1) is 13.8 Å². The van der Waals surface area contributed by atoms with E-state index in [2.05, 4.69) is 62.2 Å². The Hall–Kier alpha value is -2.01. The predicted octanol–water partition coefficient (Wildman–Crippen LogP) is 3.69. The quantitative estimate of drug-likeness (QED) is 0.841. The van der Waals surface area contributed by atoms with E-state index in [0.717, 1.165) is 17.3 Å². The Bertz CT molecular complexity index is 731. The van der Waals surface area contributed by atoms with Gasteiger partial charge in [0.15, 0.2) is 0 Å². The summed E-state index contributed by atoms with van der Waals surface area (Å²) in [7, 11) is 0. The number of hydrogen-bond acceptors (Lipinski definition) is 4. The first-order valence-corrected chi connectivity index (χ1v) is 8.50. The van der Waals surface area contributed by atoms with Crippen molar-refractivity contribution in [2.24, 2.45) is 0 Å². The van der Waals surface area contributed by atoms with Crippen LogP contribution in [0.4, 0.5) is 10.5 Å². The Kier molecular flexibility index (Phi) is 4.06. The maximum atomic E-state index is 11.7. The zero-order chi connectivity index (χ0) is 16.7. The summed E-state index contributed by atoms with van der Waals surface area (Å²) in [5.41, 5.74) is 4.74. The van der Waals surface area contributed by atoms with Crippen molar-refractivity contribution in [2.75, 3.05) is 4.90 Å². The summed E-state index contributed by atoms with van der Waals surface area (Å²) in [6, 6.07) is 6.93. The highest BCUT2D eigenvalue weighted by molar-refractivity contribution is 8.18. The fourth-order valence-corrected chi connectivity index (χ4v) is 3.99. The molecular weight excluding hydrogens is 308 g/mol. The summed E-state index contributed by atoms with van der Waals surface area (Å²) >= 11 is 0.968. The van der Waals surface area contributed by atoms with E-state index in [1.165, 1.54) is 16.8 Å². The van der Waals surface area contributed by atoms with Gasteiger partial charge in [-0.25, -0.2) is 0 Å². The lowest BCUT2D eigenvalue weighted by molar-refractivity contribution is -0.115. The van der Waals surface area contributed by atoms with Gasteiger partial charge in [0.2, 0.25) is 0 Å². The fraction of sp³-hybridized carbons (Fsp3) is 0.333. The predicted molar refractivity (Wildman–Crippen MR) is 94.6 cm³/mol. The summed E-state index contributed by atoms with van der Waals surface area (Å²) in [5.74, 6) is -0.300. The molecule has 0 aromatic heterocycles. The zero-order valence-electron chi connectivity index (χ0n) is 13.7. The van der Waals surface area contributed by atoms with Crippen LogP contribution in [0.25, 0.3) is 0 Å². The number of amides is 2. The Morgan fingerprint density at radius 3 is 2.35 bits per heavy atom. The van der Waals surface area contributed by atoms with E-state index >= 15 is 0 Å². The van der Waals surface area contributed by atoms with E-state index in [1.807, 2.05) is 6.08 Å². The summed E-state index contributed by atoms with van der Waals surface area (Å²) in [5, 5.41) is 2.00. The van der Waals surface area contributed by atoms with E-state index in [4.69, 9.17) is 0 Å². The zero-order valence-corrected chi connectivity index (χ0v) is 14.5. The van der Waals surface area contributed by atoms with E-state index in [0.29, 0.717) is 4.91 Å². The number of rotatable bonds is 2. The molecule has 23 heavy (non-hydrogen) atoms. The van der Waals surface area contributed by atoms with Gasteiger partial charge in [0.1, 0.15) is 0 Å². The average molecular weight is 328 g/mol. The monoisotopic (exact) mass is 328 g/mol. The molecule has 0 spiro atoms. The molecule has 0 bridgehead atoms. The molecule has 4 nitrogen and oxygen atoms in total. The van der Waals surface area contributed by atoms with Gasteiger partial charge < -0.3 is 4.90 Å². The number of nitrogens with one attached hydrogen (secondary N) is 1. The van der Waals surface area contributed by atoms with Crippen LogP contribution in [0.1, 0.15) is 25.0 Å². The van der Waals surface area contributed by atoms with Crippen molar-refractivity contribution in [3.8, 4) is 0 Å². The minimum atomic E-state index is -0.300. The van der Waals surface area contributed by atoms with Gasteiger partial charge in [-0.2, -0.15) is 0 Å². The lowest BCUT2D eigenvalue weighted by Crippen LogP contribution is -2.34. The van der Waals surface area contributed by atoms with Crippen LogP contribution in [-0.4, -0.2) is 23.2 Å². The molecule has 1 saturated heterocycles.